The van der Waals surface area contributed by atoms with Crippen molar-refractivity contribution in [3.63, 3.8) is 0 Å². The Balaban J connectivity index is 2.08. The fourth-order valence-electron chi connectivity index (χ4n) is 3.44. The normalized spacial score (nSPS) is 23.0. The number of carbonyl (C=O) groups is 2. The molecule has 1 saturated carbocycles. The summed E-state index contributed by atoms with van der Waals surface area (Å²) in [5, 5.41) is 0.818. The first-order valence-corrected chi connectivity index (χ1v) is 9.69. The van der Waals surface area contributed by atoms with Gasteiger partial charge in [-0.2, -0.15) is 0 Å². The molecule has 9 heteroatoms. The van der Waals surface area contributed by atoms with Crippen molar-refractivity contribution >= 4 is 62.1 Å². The van der Waals surface area contributed by atoms with Crippen LogP contribution in [0.1, 0.15) is 39.2 Å². The number of hydrogen-bond acceptors (Lipinski definition) is 5. The Labute approximate surface area is 168 Å². The highest BCUT2D eigenvalue weighted by atomic mass is 79.9. The van der Waals surface area contributed by atoms with Crippen LogP contribution in [0, 0.1) is 0 Å². The summed E-state index contributed by atoms with van der Waals surface area (Å²) in [5.41, 5.74) is 1.43. The van der Waals surface area contributed by atoms with Gasteiger partial charge >= 0.3 is 11.9 Å². The molecule has 0 aliphatic heterocycles. The molecule has 26 heavy (non-hydrogen) atoms. The number of imidazole rings is 1. The number of carbonyl (C=O) groups excluding carboxylic acids is 2. The van der Waals surface area contributed by atoms with Gasteiger partial charge < -0.3 is 14.0 Å². The number of hydrogen-bond donors (Lipinski definition) is 0. The summed E-state index contributed by atoms with van der Waals surface area (Å²) in [6.07, 6.45) is 1.05. The van der Waals surface area contributed by atoms with Crippen LogP contribution in [0.2, 0.25) is 10.0 Å². The van der Waals surface area contributed by atoms with E-state index in [0.717, 1.165) is 18.4 Å². The largest absolute Gasteiger partial charge is 0.459 e. The van der Waals surface area contributed by atoms with Crippen LogP contribution in [-0.2, 0) is 19.1 Å². The maximum Gasteiger partial charge on any atom is 0.303 e. The summed E-state index contributed by atoms with van der Waals surface area (Å²) in [5.74, 6) is -0.835. The van der Waals surface area contributed by atoms with Gasteiger partial charge in [-0.1, -0.05) is 23.2 Å². The number of ether oxygens (including phenoxy) is 2. The molecule has 0 saturated heterocycles. The highest BCUT2D eigenvalue weighted by Gasteiger charge is 2.40. The molecule has 0 spiro atoms. The van der Waals surface area contributed by atoms with Crippen molar-refractivity contribution in [3.8, 4) is 0 Å². The van der Waals surface area contributed by atoms with Crippen molar-refractivity contribution in [2.75, 3.05) is 0 Å². The Morgan fingerprint density at radius 2 is 1.81 bits per heavy atom. The maximum atomic E-state index is 11.7. The molecule has 1 aliphatic rings. The van der Waals surface area contributed by atoms with Gasteiger partial charge in [0, 0.05) is 13.8 Å². The molecule has 1 heterocycles. The Hall–Kier alpha value is -1.31. The number of benzene rings is 1. The predicted molar refractivity (Wildman–Crippen MR) is 101 cm³/mol. The van der Waals surface area contributed by atoms with Gasteiger partial charge in [0.05, 0.1) is 27.1 Å². The predicted octanol–water partition coefficient (Wildman–Crippen LogP) is 4.69. The van der Waals surface area contributed by atoms with Crippen molar-refractivity contribution < 1.29 is 19.1 Å². The molecule has 0 unspecified atom stereocenters. The van der Waals surface area contributed by atoms with Crippen LogP contribution in [0.15, 0.2) is 16.9 Å². The third-order valence-electron chi connectivity index (χ3n) is 4.37. The van der Waals surface area contributed by atoms with Crippen molar-refractivity contribution in [1.82, 2.24) is 9.55 Å². The van der Waals surface area contributed by atoms with Crippen molar-refractivity contribution in [2.45, 2.75) is 51.4 Å². The van der Waals surface area contributed by atoms with E-state index in [1.54, 1.807) is 12.1 Å². The minimum absolute atomic E-state index is 0.256. The average Bonchev–Trinajstić information content (AvgIpc) is 2.84. The van der Waals surface area contributed by atoms with Gasteiger partial charge in [0.15, 0.2) is 10.8 Å². The van der Waals surface area contributed by atoms with Gasteiger partial charge in [0.25, 0.3) is 0 Å². The van der Waals surface area contributed by atoms with Gasteiger partial charge in [0.1, 0.15) is 6.10 Å². The lowest BCUT2D eigenvalue weighted by Gasteiger charge is -2.37. The lowest BCUT2D eigenvalue weighted by molar-refractivity contribution is -0.173. The molecule has 140 valence electrons. The molecular formula is C17H17BrCl2N2O4. The zero-order valence-electron chi connectivity index (χ0n) is 14.2. The number of aromatic nitrogens is 2. The molecule has 3 atom stereocenters. The van der Waals surface area contributed by atoms with E-state index in [-0.39, 0.29) is 6.04 Å². The number of rotatable bonds is 3. The van der Waals surface area contributed by atoms with Gasteiger partial charge in [-0.25, -0.2) is 4.98 Å². The Bertz CT molecular complexity index is 870. The van der Waals surface area contributed by atoms with E-state index in [1.807, 2.05) is 4.57 Å². The SMILES string of the molecule is CC(=O)O[C@H]1[C@H](n2c(Br)nc3cc(Cl)c(Cl)cc32)CCC[C@H]1OC(C)=O. The average molecular weight is 464 g/mol. The first kappa shape index (κ1) is 19.5. The van der Waals surface area contributed by atoms with Crippen molar-refractivity contribution in [3.05, 3.63) is 26.9 Å². The fourth-order valence-corrected chi connectivity index (χ4v) is 4.40. The van der Waals surface area contributed by atoms with Crippen LogP contribution >= 0.6 is 39.1 Å². The number of halogens is 3. The standard InChI is InChI=1S/C17H17BrCl2N2O4/c1-8(23)25-15-5-3-4-13(16(15)26-9(2)24)22-14-7-11(20)10(19)6-12(14)21-17(22)18/h6-7,13,15-16H,3-5H2,1-2H3/t13-,15-,16+/m1/s1. The summed E-state index contributed by atoms with van der Waals surface area (Å²) in [7, 11) is 0. The maximum absolute atomic E-state index is 11.7. The van der Waals surface area contributed by atoms with E-state index < -0.39 is 24.1 Å². The molecule has 1 fully saturated rings. The van der Waals surface area contributed by atoms with E-state index in [4.69, 9.17) is 32.7 Å². The van der Waals surface area contributed by atoms with Crippen LogP contribution in [0.25, 0.3) is 11.0 Å². The Kier molecular flexibility index (Phi) is 5.79. The monoisotopic (exact) mass is 462 g/mol. The van der Waals surface area contributed by atoms with Crippen LogP contribution in [0.5, 0.6) is 0 Å². The van der Waals surface area contributed by atoms with Crippen molar-refractivity contribution in [1.29, 1.82) is 0 Å². The second kappa shape index (κ2) is 7.74. The quantitative estimate of drug-likeness (QED) is 0.617. The fraction of sp³-hybridized carbons (Fsp3) is 0.471. The smallest absolute Gasteiger partial charge is 0.303 e. The number of nitrogens with zero attached hydrogens (tertiary/aromatic N) is 2. The van der Waals surface area contributed by atoms with Crippen LogP contribution in [0.3, 0.4) is 0 Å². The topological polar surface area (TPSA) is 70.4 Å². The molecule has 2 aromatic rings. The van der Waals surface area contributed by atoms with Gasteiger partial charge in [-0.05, 0) is 47.3 Å². The third kappa shape index (κ3) is 3.85. The molecule has 0 bridgehead atoms. The zero-order valence-corrected chi connectivity index (χ0v) is 17.3. The summed E-state index contributed by atoms with van der Waals surface area (Å²) >= 11 is 15.7. The van der Waals surface area contributed by atoms with E-state index in [1.165, 1.54) is 13.8 Å². The minimum atomic E-state index is -0.617. The molecule has 1 aromatic carbocycles. The van der Waals surface area contributed by atoms with Gasteiger partial charge in [-0.15, -0.1) is 0 Å². The molecule has 3 rings (SSSR count). The summed E-state index contributed by atoms with van der Waals surface area (Å²) < 4.78 is 13.5. The Morgan fingerprint density at radius 3 is 2.46 bits per heavy atom. The van der Waals surface area contributed by atoms with Crippen LogP contribution < -0.4 is 0 Å². The molecule has 1 aliphatic carbocycles. The minimum Gasteiger partial charge on any atom is -0.459 e. The number of fused-ring (bicyclic) bond motifs is 1. The van der Waals surface area contributed by atoms with Gasteiger partial charge in [0.2, 0.25) is 0 Å². The second-order valence-corrected chi connectivity index (χ2v) is 7.75. The highest BCUT2D eigenvalue weighted by molar-refractivity contribution is 9.10. The van der Waals surface area contributed by atoms with E-state index in [2.05, 4.69) is 20.9 Å². The van der Waals surface area contributed by atoms with Crippen LogP contribution in [-0.4, -0.2) is 33.7 Å². The lowest BCUT2D eigenvalue weighted by atomic mass is 9.89. The Morgan fingerprint density at radius 1 is 1.15 bits per heavy atom. The van der Waals surface area contributed by atoms with E-state index >= 15 is 0 Å². The lowest BCUT2D eigenvalue weighted by Crippen LogP contribution is -2.44. The summed E-state index contributed by atoms with van der Waals surface area (Å²) in [6, 6.07) is 3.17. The van der Waals surface area contributed by atoms with E-state index in [0.29, 0.717) is 26.7 Å². The van der Waals surface area contributed by atoms with E-state index in [9.17, 15) is 9.59 Å². The highest BCUT2D eigenvalue weighted by Crippen LogP contribution is 2.39. The first-order chi connectivity index (χ1) is 12.3. The molecule has 6 nitrogen and oxygen atoms in total. The summed E-state index contributed by atoms with van der Waals surface area (Å²) in [4.78, 5) is 27.6. The third-order valence-corrected chi connectivity index (χ3v) is 5.66. The molecule has 0 radical (unpaired) electrons. The zero-order chi connectivity index (χ0) is 19.0. The molecule has 0 N–H and O–H groups in total. The van der Waals surface area contributed by atoms with Crippen LogP contribution in [0.4, 0.5) is 0 Å². The molecule has 1 aromatic heterocycles. The first-order valence-electron chi connectivity index (χ1n) is 8.15. The number of esters is 2. The molecular weight excluding hydrogens is 447 g/mol. The second-order valence-electron chi connectivity index (χ2n) is 6.23. The van der Waals surface area contributed by atoms with Gasteiger partial charge in [-0.3, -0.25) is 9.59 Å². The molecule has 0 amide bonds. The van der Waals surface area contributed by atoms with Crippen molar-refractivity contribution in [2.24, 2.45) is 0 Å². The summed E-state index contributed by atoms with van der Waals surface area (Å²) in [6.45, 7) is 2.69.